The molecule has 3 aromatic rings. The molecule has 3 aromatic heterocycles. The zero-order valence-corrected chi connectivity index (χ0v) is 12.8. The predicted octanol–water partition coefficient (Wildman–Crippen LogP) is 3.16. The third kappa shape index (κ3) is 2.40. The Morgan fingerprint density at radius 1 is 1.21 bits per heavy atom. The summed E-state index contributed by atoms with van der Waals surface area (Å²) in [6, 6.07) is 7.05. The highest BCUT2D eigenvalue weighted by atomic mass is 16.6. The maximum absolute atomic E-state index is 11.2. The normalized spacial score (nSPS) is 14.7. The molecule has 0 aromatic carbocycles. The van der Waals surface area contributed by atoms with Gasteiger partial charge in [-0.05, 0) is 30.2 Å². The summed E-state index contributed by atoms with van der Waals surface area (Å²) < 4.78 is 0. The zero-order valence-electron chi connectivity index (χ0n) is 12.8. The number of fused-ring (bicyclic) bond motifs is 1. The van der Waals surface area contributed by atoms with Crippen molar-refractivity contribution in [2.24, 2.45) is 0 Å². The van der Waals surface area contributed by atoms with Crippen molar-refractivity contribution in [3.8, 4) is 0 Å². The van der Waals surface area contributed by atoms with Crippen LogP contribution in [0.15, 0.2) is 48.9 Å². The van der Waals surface area contributed by atoms with Crippen LogP contribution in [0.25, 0.3) is 16.6 Å². The second-order valence-electron chi connectivity index (χ2n) is 5.63. The molecule has 0 radical (unpaired) electrons. The van der Waals surface area contributed by atoms with Gasteiger partial charge in [-0.15, -0.1) is 0 Å². The average molecular weight is 321 g/mol. The Balaban J connectivity index is 1.63. The number of rotatable bonds is 3. The molecule has 0 saturated heterocycles. The summed E-state index contributed by atoms with van der Waals surface area (Å²) in [7, 11) is 0. The van der Waals surface area contributed by atoms with Crippen molar-refractivity contribution in [2.45, 2.75) is 6.42 Å². The second-order valence-corrected chi connectivity index (χ2v) is 5.63. The molecule has 0 unspecified atom stereocenters. The van der Waals surface area contributed by atoms with Crippen LogP contribution in [0.1, 0.15) is 12.0 Å². The Bertz CT molecular complexity index is 947. The van der Waals surface area contributed by atoms with Crippen LogP contribution in [-0.2, 0) is 0 Å². The number of pyridine rings is 2. The highest BCUT2D eigenvalue weighted by molar-refractivity contribution is 5.91. The van der Waals surface area contributed by atoms with Crippen molar-refractivity contribution in [3.05, 3.63) is 64.6 Å². The lowest BCUT2D eigenvalue weighted by Crippen LogP contribution is -2.29. The van der Waals surface area contributed by atoms with E-state index in [1.54, 1.807) is 18.5 Å². The minimum Gasteiger partial charge on any atom is -0.347 e. The minimum atomic E-state index is -0.382. The van der Waals surface area contributed by atoms with Crippen LogP contribution < -0.4 is 4.90 Å². The van der Waals surface area contributed by atoms with Crippen LogP contribution in [0.5, 0.6) is 0 Å². The molecule has 4 heterocycles. The van der Waals surface area contributed by atoms with Crippen molar-refractivity contribution in [1.29, 1.82) is 0 Å². The van der Waals surface area contributed by atoms with Gasteiger partial charge in [-0.1, -0.05) is 6.08 Å². The number of nitrogens with zero attached hydrogens (tertiary/aromatic N) is 4. The van der Waals surface area contributed by atoms with E-state index in [1.807, 2.05) is 23.2 Å². The van der Waals surface area contributed by atoms with E-state index in [0.29, 0.717) is 18.9 Å². The molecule has 0 amide bonds. The van der Waals surface area contributed by atoms with E-state index in [2.05, 4.69) is 21.0 Å². The summed E-state index contributed by atoms with van der Waals surface area (Å²) in [5.41, 5.74) is 3.29. The molecule has 7 nitrogen and oxygen atoms in total. The van der Waals surface area contributed by atoms with Gasteiger partial charge in [0, 0.05) is 48.7 Å². The Morgan fingerprint density at radius 3 is 2.83 bits per heavy atom. The maximum atomic E-state index is 11.2. The summed E-state index contributed by atoms with van der Waals surface area (Å²) in [6.45, 7) is 1.29. The van der Waals surface area contributed by atoms with E-state index in [0.717, 1.165) is 23.0 Å². The van der Waals surface area contributed by atoms with Gasteiger partial charge < -0.3 is 9.88 Å². The number of aromatic amines is 1. The van der Waals surface area contributed by atoms with E-state index in [1.165, 1.54) is 11.6 Å². The van der Waals surface area contributed by atoms with Crippen LogP contribution >= 0.6 is 0 Å². The molecule has 4 rings (SSSR count). The Kier molecular flexibility index (Phi) is 3.45. The molecule has 0 saturated carbocycles. The third-order valence-electron chi connectivity index (χ3n) is 4.27. The van der Waals surface area contributed by atoms with Gasteiger partial charge in [0.15, 0.2) is 0 Å². The lowest BCUT2D eigenvalue weighted by Gasteiger charge is -2.27. The molecule has 7 heteroatoms. The molecule has 1 N–H and O–H groups in total. The van der Waals surface area contributed by atoms with Crippen molar-refractivity contribution < 1.29 is 4.92 Å². The van der Waals surface area contributed by atoms with Crippen LogP contribution in [0, 0.1) is 10.1 Å². The topological polar surface area (TPSA) is 88.0 Å². The molecule has 0 aliphatic carbocycles. The number of aromatic nitrogens is 3. The van der Waals surface area contributed by atoms with Crippen LogP contribution in [0.3, 0.4) is 0 Å². The van der Waals surface area contributed by atoms with Gasteiger partial charge in [0.05, 0.1) is 4.92 Å². The number of H-pyrrole nitrogens is 1. The highest BCUT2D eigenvalue weighted by Gasteiger charge is 2.23. The van der Waals surface area contributed by atoms with Crippen LogP contribution in [-0.4, -0.2) is 33.0 Å². The first-order valence-corrected chi connectivity index (χ1v) is 7.70. The first kappa shape index (κ1) is 14.4. The smallest absolute Gasteiger partial charge is 0.311 e. The first-order valence-electron chi connectivity index (χ1n) is 7.70. The summed E-state index contributed by atoms with van der Waals surface area (Å²) >= 11 is 0. The molecule has 120 valence electrons. The fraction of sp³-hybridized carbons (Fsp3) is 0.176. The summed E-state index contributed by atoms with van der Waals surface area (Å²) in [5.74, 6) is 0.429. The summed E-state index contributed by atoms with van der Waals surface area (Å²) in [4.78, 5) is 24.4. The van der Waals surface area contributed by atoms with Gasteiger partial charge in [0.25, 0.3) is 0 Å². The monoisotopic (exact) mass is 321 g/mol. The Morgan fingerprint density at radius 2 is 2.04 bits per heavy atom. The molecule has 0 spiro atoms. The van der Waals surface area contributed by atoms with Gasteiger partial charge in [-0.3, -0.25) is 10.1 Å². The van der Waals surface area contributed by atoms with Crippen LogP contribution in [0.4, 0.5) is 11.5 Å². The minimum absolute atomic E-state index is 0.0469. The maximum Gasteiger partial charge on any atom is 0.311 e. The SMILES string of the molecule is O=[N+]([O-])c1cccnc1N1CC=C(c2c[nH]c3ncccc23)CC1. The fourth-order valence-corrected chi connectivity index (χ4v) is 3.10. The van der Waals surface area contributed by atoms with Gasteiger partial charge in [0.2, 0.25) is 5.82 Å². The molecule has 1 aliphatic heterocycles. The van der Waals surface area contributed by atoms with E-state index < -0.39 is 0 Å². The lowest BCUT2D eigenvalue weighted by molar-refractivity contribution is -0.384. The largest absolute Gasteiger partial charge is 0.347 e. The van der Waals surface area contributed by atoms with Gasteiger partial charge >= 0.3 is 5.69 Å². The molecular weight excluding hydrogens is 306 g/mol. The third-order valence-corrected chi connectivity index (χ3v) is 4.27. The Hall–Kier alpha value is -3.22. The fourth-order valence-electron chi connectivity index (χ4n) is 3.10. The number of anilines is 1. The van der Waals surface area contributed by atoms with Crippen molar-refractivity contribution >= 4 is 28.1 Å². The quantitative estimate of drug-likeness (QED) is 0.591. The van der Waals surface area contributed by atoms with E-state index in [-0.39, 0.29) is 10.6 Å². The first-order chi connectivity index (χ1) is 11.7. The van der Waals surface area contributed by atoms with Crippen molar-refractivity contribution in [2.75, 3.05) is 18.0 Å². The second kappa shape index (κ2) is 5.77. The van der Waals surface area contributed by atoms with E-state index in [4.69, 9.17) is 0 Å². The van der Waals surface area contributed by atoms with E-state index >= 15 is 0 Å². The summed E-state index contributed by atoms with van der Waals surface area (Å²) in [6.07, 6.45) is 8.24. The predicted molar refractivity (Wildman–Crippen MR) is 91.8 cm³/mol. The standard InChI is InChI=1S/C17H15N5O2/c23-22(24)15-4-2-8-19-17(15)21-9-5-12(6-10-21)14-11-20-16-13(14)3-1-7-18-16/h1-5,7-8,11H,6,9-10H2,(H,18,20). The number of hydrogen-bond acceptors (Lipinski definition) is 5. The summed E-state index contributed by atoms with van der Waals surface area (Å²) in [5, 5.41) is 12.3. The zero-order chi connectivity index (χ0) is 16.5. The molecular formula is C17H15N5O2. The highest BCUT2D eigenvalue weighted by Crippen LogP contribution is 2.32. The van der Waals surface area contributed by atoms with Crippen molar-refractivity contribution in [1.82, 2.24) is 15.0 Å². The Labute approximate surface area is 137 Å². The van der Waals surface area contributed by atoms with Crippen LogP contribution in [0.2, 0.25) is 0 Å². The van der Waals surface area contributed by atoms with Crippen molar-refractivity contribution in [3.63, 3.8) is 0 Å². The average Bonchev–Trinajstić information content (AvgIpc) is 3.06. The molecule has 0 fully saturated rings. The van der Waals surface area contributed by atoms with Gasteiger partial charge in [-0.2, -0.15) is 0 Å². The molecule has 1 aliphatic rings. The molecule has 24 heavy (non-hydrogen) atoms. The molecule has 0 atom stereocenters. The number of nitro groups is 1. The number of nitrogens with one attached hydrogen (secondary N) is 1. The lowest BCUT2D eigenvalue weighted by atomic mass is 9.99. The number of hydrogen-bond donors (Lipinski definition) is 1. The van der Waals surface area contributed by atoms with E-state index in [9.17, 15) is 10.1 Å². The van der Waals surface area contributed by atoms with Gasteiger partial charge in [-0.25, -0.2) is 9.97 Å². The van der Waals surface area contributed by atoms with Gasteiger partial charge in [0.1, 0.15) is 5.65 Å². The molecule has 0 bridgehead atoms.